The molecule has 120 valence electrons. The molecule has 2 aromatic heterocycles. The lowest BCUT2D eigenvalue weighted by Crippen LogP contribution is -2.33. The molecule has 0 amide bonds. The molecule has 3 heterocycles. The lowest BCUT2D eigenvalue weighted by Gasteiger charge is -2.16. The van der Waals surface area contributed by atoms with Crippen LogP contribution in [0.15, 0.2) is 6.33 Å². The lowest BCUT2D eigenvalue weighted by molar-refractivity contribution is -0.0580. The van der Waals surface area contributed by atoms with E-state index in [0.29, 0.717) is 22.8 Å². The topological polar surface area (TPSA) is 115 Å². The van der Waals surface area contributed by atoms with Crippen LogP contribution in [0, 0.1) is 6.92 Å². The second-order valence-electron chi connectivity index (χ2n) is 5.20. The molecule has 22 heavy (non-hydrogen) atoms. The predicted molar refractivity (Wildman–Crippen MR) is 77.4 cm³/mol. The number of rotatable bonds is 4. The van der Waals surface area contributed by atoms with Crippen molar-refractivity contribution in [2.24, 2.45) is 0 Å². The van der Waals surface area contributed by atoms with Crippen molar-refractivity contribution in [1.29, 1.82) is 0 Å². The molecule has 0 radical (unpaired) electrons. The van der Waals surface area contributed by atoms with Gasteiger partial charge < -0.3 is 25.0 Å². The van der Waals surface area contributed by atoms with Gasteiger partial charge in [-0.05, 0) is 6.92 Å². The van der Waals surface area contributed by atoms with Gasteiger partial charge in [0.05, 0.1) is 12.9 Å². The SMILES string of the molecule is CNc1nc(C)nc2c1ncn2[C@@H]1O[C@H](COC)[C@@H](O)[C@H]1O. The van der Waals surface area contributed by atoms with Crippen LogP contribution in [0.3, 0.4) is 0 Å². The highest BCUT2D eigenvalue weighted by molar-refractivity contribution is 5.82. The summed E-state index contributed by atoms with van der Waals surface area (Å²) >= 11 is 0. The van der Waals surface area contributed by atoms with Crippen LogP contribution in [0.1, 0.15) is 12.1 Å². The molecule has 0 unspecified atom stereocenters. The maximum absolute atomic E-state index is 10.2. The molecule has 2 aromatic rings. The molecule has 1 aliphatic rings. The van der Waals surface area contributed by atoms with Crippen molar-refractivity contribution in [1.82, 2.24) is 19.5 Å². The molecule has 9 nitrogen and oxygen atoms in total. The van der Waals surface area contributed by atoms with Gasteiger partial charge in [-0.15, -0.1) is 0 Å². The number of nitrogens with one attached hydrogen (secondary N) is 1. The van der Waals surface area contributed by atoms with Gasteiger partial charge in [0.1, 0.15) is 24.1 Å². The summed E-state index contributed by atoms with van der Waals surface area (Å²) in [5.41, 5.74) is 1.11. The van der Waals surface area contributed by atoms with E-state index in [9.17, 15) is 10.2 Å². The van der Waals surface area contributed by atoms with Crippen LogP contribution in [0.5, 0.6) is 0 Å². The van der Waals surface area contributed by atoms with Crippen molar-refractivity contribution in [3.63, 3.8) is 0 Å². The molecule has 9 heteroatoms. The molecular formula is C13H19N5O4. The van der Waals surface area contributed by atoms with Gasteiger partial charge in [-0.1, -0.05) is 0 Å². The van der Waals surface area contributed by atoms with Gasteiger partial charge >= 0.3 is 0 Å². The first-order valence-corrected chi connectivity index (χ1v) is 6.96. The Hall–Kier alpha value is -1.81. The number of nitrogens with zero attached hydrogens (tertiary/aromatic N) is 4. The fourth-order valence-electron chi connectivity index (χ4n) is 2.65. The van der Waals surface area contributed by atoms with Crippen molar-refractivity contribution in [2.45, 2.75) is 31.5 Å². The molecule has 3 N–H and O–H groups in total. The van der Waals surface area contributed by atoms with Crippen molar-refractivity contribution in [2.75, 3.05) is 26.1 Å². The number of hydrogen-bond donors (Lipinski definition) is 3. The van der Waals surface area contributed by atoms with E-state index in [1.807, 2.05) is 0 Å². The highest BCUT2D eigenvalue weighted by atomic mass is 16.6. The van der Waals surface area contributed by atoms with Crippen LogP contribution >= 0.6 is 0 Å². The van der Waals surface area contributed by atoms with E-state index in [1.165, 1.54) is 13.4 Å². The molecule has 0 aromatic carbocycles. The maximum Gasteiger partial charge on any atom is 0.167 e. The van der Waals surface area contributed by atoms with Gasteiger partial charge in [0.15, 0.2) is 23.2 Å². The minimum Gasteiger partial charge on any atom is -0.387 e. The highest BCUT2D eigenvalue weighted by Gasteiger charge is 2.44. The van der Waals surface area contributed by atoms with Gasteiger partial charge in [0.25, 0.3) is 0 Å². The molecule has 0 aliphatic carbocycles. The molecule has 1 aliphatic heterocycles. The first kappa shape index (κ1) is 15.1. The second kappa shape index (κ2) is 5.76. The minimum absolute atomic E-state index is 0.192. The van der Waals surface area contributed by atoms with Gasteiger partial charge in [-0.25, -0.2) is 15.0 Å². The molecular weight excluding hydrogens is 290 g/mol. The van der Waals surface area contributed by atoms with Crippen LogP contribution in [0.4, 0.5) is 5.82 Å². The summed E-state index contributed by atoms with van der Waals surface area (Å²) in [6, 6.07) is 0. The molecule has 4 atom stereocenters. The second-order valence-corrected chi connectivity index (χ2v) is 5.20. The van der Waals surface area contributed by atoms with E-state index < -0.39 is 24.5 Å². The van der Waals surface area contributed by atoms with E-state index in [-0.39, 0.29) is 6.61 Å². The monoisotopic (exact) mass is 309 g/mol. The van der Waals surface area contributed by atoms with E-state index in [0.717, 1.165) is 0 Å². The van der Waals surface area contributed by atoms with E-state index in [1.54, 1.807) is 18.5 Å². The standard InChI is InChI=1S/C13H19N5O4/c1-6-16-11(14-2)8-12(17-6)18(5-15-8)13-10(20)9(19)7(22-13)4-21-3/h5,7,9-10,13,19-20H,4H2,1-3H3,(H,14,16,17)/t7-,9-,10-,13-/m1/s1. The number of ether oxygens (including phenoxy) is 2. The van der Waals surface area contributed by atoms with Crippen molar-refractivity contribution in [3.05, 3.63) is 12.2 Å². The Balaban J connectivity index is 2.02. The summed E-state index contributed by atoms with van der Waals surface area (Å²) in [6.45, 7) is 1.96. The quantitative estimate of drug-likeness (QED) is 0.689. The Morgan fingerprint density at radius 1 is 1.36 bits per heavy atom. The van der Waals surface area contributed by atoms with E-state index >= 15 is 0 Å². The number of fused-ring (bicyclic) bond motifs is 1. The highest BCUT2D eigenvalue weighted by Crippen LogP contribution is 2.32. The number of imidazole rings is 1. The molecule has 0 spiro atoms. The fraction of sp³-hybridized carbons (Fsp3) is 0.615. The number of aliphatic hydroxyl groups is 2. The zero-order valence-electron chi connectivity index (χ0n) is 12.6. The summed E-state index contributed by atoms with van der Waals surface area (Å²) in [4.78, 5) is 12.9. The summed E-state index contributed by atoms with van der Waals surface area (Å²) in [6.07, 6.45) is -1.98. The number of aryl methyl sites for hydroxylation is 1. The first-order valence-electron chi connectivity index (χ1n) is 6.96. The Morgan fingerprint density at radius 2 is 2.14 bits per heavy atom. The van der Waals surface area contributed by atoms with Crippen molar-refractivity contribution in [3.8, 4) is 0 Å². The average Bonchev–Trinajstić information content (AvgIpc) is 3.03. The van der Waals surface area contributed by atoms with Crippen molar-refractivity contribution < 1.29 is 19.7 Å². The Morgan fingerprint density at radius 3 is 2.82 bits per heavy atom. The third-order valence-corrected chi connectivity index (χ3v) is 3.71. The zero-order valence-corrected chi connectivity index (χ0v) is 12.6. The lowest BCUT2D eigenvalue weighted by atomic mass is 10.1. The third kappa shape index (κ3) is 2.31. The molecule has 0 bridgehead atoms. The Bertz CT molecular complexity index is 676. The minimum atomic E-state index is -1.09. The molecule has 0 saturated carbocycles. The van der Waals surface area contributed by atoms with Crippen LogP contribution in [-0.2, 0) is 9.47 Å². The summed E-state index contributed by atoms with van der Waals surface area (Å²) in [5.74, 6) is 1.17. The third-order valence-electron chi connectivity index (χ3n) is 3.71. The fourth-order valence-corrected chi connectivity index (χ4v) is 2.65. The molecule has 1 saturated heterocycles. The molecule has 1 fully saturated rings. The number of methoxy groups -OCH3 is 1. The van der Waals surface area contributed by atoms with Gasteiger partial charge in [-0.2, -0.15) is 0 Å². The van der Waals surface area contributed by atoms with Crippen LogP contribution in [0.2, 0.25) is 0 Å². The predicted octanol–water partition coefficient (Wildman–Crippen LogP) is -0.558. The largest absolute Gasteiger partial charge is 0.387 e. The van der Waals surface area contributed by atoms with Gasteiger partial charge in [0, 0.05) is 14.2 Å². The normalized spacial score (nSPS) is 28.4. The summed E-state index contributed by atoms with van der Waals surface area (Å²) in [7, 11) is 3.26. The average molecular weight is 309 g/mol. The van der Waals surface area contributed by atoms with Gasteiger partial charge in [-0.3, -0.25) is 4.57 Å². The number of aromatic nitrogens is 4. The van der Waals surface area contributed by atoms with Crippen LogP contribution < -0.4 is 5.32 Å². The maximum atomic E-state index is 10.2. The number of aliphatic hydroxyl groups excluding tert-OH is 2. The molecule has 3 rings (SSSR count). The number of anilines is 1. The van der Waals surface area contributed by atoms with E-state index in [4.69, 9.17) is 9.47 Å². The van der Waals surface area contributed by atoms with Crippen LogP contribution in [-0.4, -0.2) is 68.8 Å². The van der Waals surface area contributed by atoms with Gasteiger partial charge in [0.2, 0.25) is 0 Å². The first-order chi connectivity index (χ1) is 10.6. The summed E-state index contributed by atoms with van der Waals surface area (Å²) in [5, 5.41) is 23.3. The zero-order chi connectivity index (χ0) is 15.9. The Labute approximate surface area is 126 Å². The summed E-state index contributed by atoms with van der Waals surface area (Å²) < 4.78 is 12.3. The smallest absolute Gasteiger partial charge is 0.167 e. The number of hydrogen-bond acceptors (Lipinski definition) is 8. The van der Waals surface area contributed by atoms with E-state index in [2.05, 4.69) is 20.3 Å². The van der Waals surface area contributed by atoms with Crippen LogP contribution in [0.25, 0.3) is 11.2 Å². The Kier molecular flexibility index (Phi) is 3.96. The van der Waals surface area contributed by atoms with Crippen molar-refractivity contribution >= 4 is 17.0 Å².